The van der Waals surface area contributed by atoms with E-state index < -0.39 is 0 Å². The third kappa shape index (κ3) is 3.18. The average Bonchev–Trinajstić information content (AvgIpc) is 2.28. The Balaban J connectivity index is 2.06. The SMILES string of the molecule is CC(C)(C)C1CCN(c2ncc(Cl)cc2Br)CC1. The Morgan fingerprint density at radius 2 is 1.94 bits per heavy atom. The molecule has 1 aliphatic heterocycles. The van der Waals surface area contributed by atoms with Crippen molar-refractivity contribution in [2.75, 3.05) is 18.0 Å². The van der Waals surface area contributed by atoms with Crippen molar-refractivity contribution in [3.05, 3.63) is 21.8 Å². The predicted molar refractivity (Wildman–Crippen MR) is 81.3 cm³/mol. The monoisotopic (exact) mass is 330 g/mol. The highest BCUT2D eigenvalue weighted by Gasteiger charge is 2.29. The first-order valence-electron chi connectivity index (χ1n) is 6.44. The zero-order valence-electron chi connectivity index (χ0n) is 11.2. The van der Waals surface area contributed by atoms with Crippen molar-refractivity contribution < 1.29 is 0 Å². The summed E-state index contributed by atoms with van der Waals surface area (Å²) in [5.74, 6) is 1.83. The molecule has 18 heavy (non-hydrogen) atoms. The van der Waals surface area contributed by atoms with E-state index in [-0.39, 0.29) is 0 Å². The number of hydrogen-bond donors (Lipinski definition) is 0. The Morgan fingerprint density at radius 3 is 2.44 bits per heavy atom. The standard InChI is InChI=1S/C14H20BrClN2/c1-14(2,3)10-4-6-18(7-5-10)13-12(15)8-11(16)9-17-13/h8-10H,4-7H2,1-3H3. The molecule has 1 aromatic heterocycles. The van der Waals surface area contributed by atoms with Crippen LogP contribution >= 0.6 is 27.5 Å². The van der Waals surface area contributed by atoms with Crippen molar-refractivity contribution in [1.29, 1.82) is 0 Å². The van der Waals surface area contributed by atoms with Gasteiger partial charge in [0.2, 0.25) is 0 Å². The lowest BCUT2D eigenvalue weighted by atomic mass is 9.75. The van der Waals surface area contributed by atoms with Crippen LogP contribution in [-0.4, -0.2) is 18.1 Å². The molecule has 0 atom stereocenters. The summed E-state index contributed by atoms with van der Waals surface area (Å²) in [5, 5.41) is 0.676. The number of aromatic nitrogens is 1. The van der Waals surface area contributed by atoms with E-state index in [9.17, 15) is 0 Å². The molecule has 0 unspecified atom stereocenters. The summed E-state index contributed by atoms with van der Waals surface area (Å²) >= 11 is 9.48. The van der Waals surface area contributed by atoms with Gasteiger partial charge in [0.1, 0.15) is 5.82 Å². The van der Waals surface area contributed by atoms with E-state index in [0.29, 0.717) is 10.4 Å². The molecule has 1 aromatic rings. The van der Waals surface area contributed by atoms with Crippen LogP contribution in [0.4, 0.5) is 5.82 Å². The van der Waals surface area contributed by atoms with Crippen molar-refractivity contribution >= 4 is 33.3 Å². The number of hydrogen-bond acceptors (Lipinski definition) is 2. The smallest absolute Gasteiger partial charge is 0.142 e. The van der Waals surface area contributed by atoms with Gasteiger partial charge in [-0.2, -0.15) is 0 Å². The van der Waals surface area contributed by atoms with Crippen molar-refractivity contribution in [1.82, 2.24) is 4.98 Å². The summed E-state index contributed by atoms with van der Waals surface area (Å²) < 4.78 is 0.990. The second kappa shape index (κ2) is 5.38. The number of pyridine rings is 1. The van der Waals surface area contributed by atoms with Crippen LogP contribution in [0.5, 0.6) is 0 Å². The third-order valence-corrected chi connectivity index (χ3v) is 4.60. The van der Waals surface area contributed by atoms with Gasteiger partial charge < -0.3 is 4.90 Å². The minimum atomic E-state index is 0.413. The van der Waals surface area contributed by atoms with Crippen molar-refractivity contribution in [2.45, 2.75) is 33.6 Å². The maximum Gasteiger partial charge on any atom is 0.142 e. The van der Waals surface area contributed by atoms with Gasteiger partial charge in [-0.15, -0.1) is 0 Å². The molecule has 2 heterocycles. The molecular formula is C14H20BrClN2. The van der Waals surface area contributed by atoms with E-state index in [1.165, 1.54) is 12.8 Å². The molecule has 1 fully saturated rings. The lowest BCUT2D eigenvalue weighted by Crippen LogP contribution is -2.38. The van der Waals surface area contributed by atoms with Gasteiger partial charge in [0.25, 0.3) is 0 Å². The molecule has 0 radical (unpaired) electrons. The maximum atomic E-state index is 5.93. The van der Waals surface area contributed by atoms with Crippen LogP contribution < -0.4 is 4.90 Å². The second-order valence-corrected chi connectivity index (χ2v) is 7.38. The molecule has 0 N–H and O–H groups in total. The molecule has 0 aromatic carbocycles. The van der Waals surface area contributed by atoms with Crippen LogP contribution in [0.15, 0.2) is 16.7 Å². The minimum Gasteiger partial charge on any atom is -0.356 e. The highest BCUT2D eigenvalue weighted by atomic mass is 79.9. The largest absolute Gasteiger partial charge is 0.356 e. The lowest BCUT2D eigenvalue weighted by molar-refractivity contribution is 0.198. The summed E-state index contributed by atoms with van der Waals surface area (Å²) in [4.78, 5) is 6.79. The number of anilines is 1. The normalized spacial score (nSPS) is 18.2. The molecule has 4 heteroatoms. The lowest BCUT2D eigenvalue weighted by Gasteiger charge is -2.39. The van der Waals surface area contributed by atoms with Gasteiger partial charge >= 0.3 is 0 Å². The molecule has 0 saturated carbocycles. The van der Waals surface area contributed by atoms with Gasteiger partial charge in [-0.05, 0) is 46.2 Å². The first-order valence-corrected chi connectivity index (χ1v) is 7.61. The topological polar surface area (TPSA) is 16.1 Å². The Bertz CT molecular complexity index is 420. The van der Waals surface area contributed by atoms with Crippen LogP contribution in [0.1, 0.15) is 33.6 Å². The Kier molecular flexibility index (Phi) is 4.22. The van der Waals surface area contributed by atoms with Crippen molar-refractivity contribution in [2.24, 2.45) is 11.3 Å². The molecule has 1 saturated heterocycles. The van der Waals surface area contributed by atoms with E-state index in [1.54, 1.807) is 6.20 Å². The molecule has 0 spiro atoms. The third-order valence-electron chi connectivity index (χ3n) is 3.81. The minimum absolute atomic E-state index is 0.413. The number of rotatable bonds is 1. The molecular weight excluding hydrogens is 312 g/mol. The summed E-state index contributed by atoms with van der Waals surface area (Å²) in [6, 6.07) is 1.92. The van der Waals surface area contributed by atoms with E-state index in [0.717, 1.165) is 29.3 Å². The van der Waals surface area contributed by atoms with Gasteiger partial charge in [0.05, 0.1) is 9.50 Å². The van der Waals surface area contributed by atoms with E-state index in [4.69, 9.17) is 11.6 Å². The molecule has 0 aliphatic carbocycles. The first kappa shape index (κ1) is 14.1. The number of piperidine rings is 1. The van der Waals surface area contributed by atoms with Crippen LogP contribution in [-0.2, 0) is 0 Å². The van der Waals surface area contributed by atoms with Crippen molar-refractivity contribution in [3.8, 4) is 0 Å². The summed E-state index contributed by atoms with van der Waals surface area (Å²) in [6.45, 7) is 9.17. The van der Waals surface area contributed by atoms with Crippen LogP contribution in [0, 0.1) is 11.3 Å². The fraction of sp³-hybridized carbons (Fsp3) is 0.643. The predicted octanol–water partition coefficient (Wildman–Crippen LogP) is 4.76. The quantitative estimate of drug-likeness (QED) is 0.737. The fourth-order valence-electron chi connectivity index (χ4n) is 2.60. The zero-order valence-corrected chi connectivity index (χ0v) is 13.6. The Morgan fingerprint density at radius 1 is 1.33 bits per heavy atom. The fourth-order valence-corrected chi connectivity index (χ4v) is 3.49. The molecule has 1 aliphatic rings. The van der Waals surface area contributed by atoms with E-state index in [1.807, 2.05) is 6.07 Å². The van der Waals surface area contributed by atoms with Gasteiger partial charge in [-0.1, -0.05) is 32.4 Å². The zero-order chi connectivity index (χ0) is 13.3. The average molecular weight is 332 g/mol. The first-order chi connectivity index (χ1) is 8.38. The number of nitrogens with zero attached hydrogens (tertiary/aromatic N) is 2. The molecule has 0 bridgehead atoms. The Hall–Kier alpha value is -0.280. The second-order valence-electron chi connectivity index (χ2n) is 6.09. The van der Waals surface area contributed by atoms with Crippen molar-refractivity contribution in [3.63, 3.8) is 0 Å². The van der Waals surface area contributed by atoms with Crippen LogP contribution in [0.3, 0.4) is 0 Å². The van der Waals surface area contributed by atoms with Gasteiger partial charge in [-0.3, -0.25) is 0 Å². The highest BCUT2D eigenvalue weighted by molar-refractivity contribution is 9.10. The van der Waals surface area contributed by atoms with E-state index >= 15 is 0 Å². The molecule has 2 nitrogen and oxygen atoms in total. The summed E-state index contributed by atoms with van der Waals surface area (Å²) in [6.07, 6.45) is 4.19. The van der Waals surface area contributed by atoms with E-state index in [2.05, 4.69) is 46.6 Å². The summed E-state index contributed by atoms with van der Waals surface area (Å²) in [5.41, 5.74) is 0.413. The van der Waals surface area contributed by atoms with Gasteiger partial charge in [-0.25, -0.2) is 4.98 Å². The molecule has 100 valence electrons. The van der Waals surface area contributed by atoms with Crippen LogP contribution in [0.25, 0.3) is 0 Å². The Labute approximate surface area is 123 Å². The van der Waals surface area contributed by atoms with Gasteiger partial charge in [0, 0.05) is 19.3 Å². The molecule has 0 amide bonds. The highest BCUT2D eigenvalue weighted by Crippen LogP contribution is 2.36. The summed E-state index contributed by atoms with van der Waals surface area (Å²) in [7, 11) is 0. The number of halogens is 2. The molecule has 2 rings (SSSR count). The maximum absolute atomic E-state index is 5.93. The van der Waals surface area contributed by atoms with Crippen LogP contribution in [0.2, 0.25) is 5.02 Å². The van der Waals surface area contributed by atoms with Gasteiger partial charge in [0.15, 0.2) is 0 Å².